The molecule has 6 heterocycles. The van der Waals surface area contributed by atoms with Gasteiger partial charge >= 0.3 is 25.7 Å². The number of aryl methyl sites for hydroxylation is 3. The zero-order valence-electron chi connectivity index (χ0n) is 47.1. The molecule has 22 nitrogen and oxygen atoms in total. The van der Waals surface area contributed by atoms with Crippen LogP contribution in [0.4, 0.5) is 0 Å². The first-order valence-corrected chi connectivity index (χ1v) is 32.4. The van der Waals surface area contributed by atoms with Gasteiger partial charge in [-0.15, -0.1) is 0 Å². The van der Waals surface area contributed by atoms with Crippen molar-refractivity contribution in [2.75, 3.05) is 13.2 Å². The first kappa shape index (κ1) is 61.9. The summed E-state index contributed by atoms with van der Waals surface area (Å²) < 4.78 is 55.5. The van der Waals surface area contributed by atoms with E-state index in [1.54, 1.807) is 34.6 Å². The third-order valence-corrected chi connectivity index (χ3v) is 25.4. The van der Waals surface area contributed by atoms with Crippen molar-refractivity contribution in [2.24, 2.45) is 0 Å². The summed E-state index contributed by atoms with van der Waals surface area (Å²) in [5.41, 5.74) is -4.06. The molecule has 0 radical (unpaired) electrons. The average Bonchev–Trinajstić information content (AvgIpc) is 4.01. The molecule has 3 saturated heterocycles. The molecule has 3 aliphatic rings. The number of hydrogen-bond acceptors (Lipinski definition) is 15. The zero-order chi connectivity index (χ0) is 56.6. The van der Waals surface area contributed by atoms with Gasteiger partial charge in [0.1, 0.15) is 43.1 Å². The van der Waals surface area contributed by atoms with Crippen LogP contribution >= 0.6 is 8.60 Å². The van der Waals surface area contributed by atoms with E-state index in [9.17, 15) is 33.9 Å². The van der Waals surface area contributed by atoms with Crippen molar-refractivity contribution in [3.8, 4) is 0 Å². The molecule has 10 atom stereocenters. The highest BCUT2D eigenvalue weighted by molar-refractivity contribution is 7.41. The fraction of sp³-hybridized carbons (Fsp3) is 0.740. The number of rotatable bonds is 17. The molecule has 6 rings (SSSR count). The minimum absolute atomic E-state index is 0.0145. The van der Waals surface area contributed by atoms with Crippen LogP contribution < -0.4 is 33.7 Å². The van der Waals surface area contributed by atoms with Crippen LogP contribution in [0.1, 0.15) is 137 Å². The van der Waals surface area contributed by atoms with E-state index in [2.05, 4.69) is 87.5 Å². The third-order valence-electron chi connectivity index (χ3n) is 14.9. The van der Waals surface area contributed by atoms with Gasteiger partial charge in [-0.3, -0.25) is 43.0 Å². The molecule has 3 fully saturated rings. The second-order valence-corrected chi connectivity index (χ2v) is 34.6. The van der Waals surface area contributed by atoms with Gasteiger partial charge in [0.25, 0.3) is 16.7 Å². The fourth-order valence-electron chi connectivity index (χ4n) is 8.53. The minimum atomic E-state index is -2.35. The van der Waals surface area contributed by atoms with Gasteiger partial charge in [-0.05, 0) is 91.2 Å². The molecular weight excluding hydrogens is 1030 g/mol. The van der Waals surface area contributed by atoms with Crippen molar-refractivity contribution >= 4 is 25.2 Å². The Kier molecular flexibility index (Phi) is 19.4. The summed E-state index contributed by atoms with van der Waals surface area (Å²) in [5.74, 6) is 0. The van der Waals surface area contributed by atoms with Gasteiger partial charge in [0.2, 0.25) is 6.54 Å². The number of aliphatic hydroxyl groups is 1. The van der Waals surface area contributed by atoms with Crippen LogP contribution in [0.15, 0.2) is 47.4 Å². The molecule has 3 aromatic heterocycles. The molecule has 0 spiro atoms. The van der Waals surface area contributed by atoms with Crippen LogP contribution in [0.3, 0.4) is 0 Å². The first-order valence-electron chi connectivity index (χ1n) is 25.5. The second-order valence-electron chi connectivity index (χ2n) is 24.0. The molecule has 25 heteroatoms. The van der Waals surface area contributed by atoms with E-state index in [4.69, 9.17) is 43.2 Å². The molecule has 420 valence electrons. The van der Waals surface area contributed by atoms with E-state index in [0.29, 0.717) is 36.0 Å². The fourth-order valence-corrected chi connectivity index (χ4v) is 12.5. The summed E-state index contributed by atoms with van der Waals surface area (Å²) in [7, 11) is -6.54. The number of hydrogen-bond donors (Lipinski definition) is 4. The highest BCUT2D eigenvalue weighted by Crippen LogP contribution is 2.52. The van der Waals surface area contributed by atoms with E-state index in [-0.39, 0.29) is 35.8 Å². The van der Waals surface area contributed by atoms with Crippen molar-refractivity contribution in [1.29, 1.82) is 0 Å². The maximum absolute atomic E-state index is 12.9. The standard InChI is InChI=1S/C32H50N5O10PSi.C18H32N2O5Si/c1-12-21-22(15-24(43-21)36-17-19(2)27(38)34-29(36)40)45-48(42-14-13-33-9)47-32(7,8)26-23(46-49(10,11)31(4,5)6)16-25(44-26)37-18-20(3)28(39)35-30(37)41;1-11-10-20(16(22)19-15(11)21)13-9-12(14(24-13)18(5,6)23)25-26(7,8)17(2,3)4/h17-18,21-26H,12-16H2,1-8,10-11H3,(H,34,38,40)(H,35,39,41);10,12-14,23H,9H2,1-8H3,(H,19,21,22)/t21-,22?,23?,24-,25-,26+,48?;12?,13-,14+/m11/s1. The Hall–Kier alpha value is -3.97. The normalized spacial score (nSPS) is 25.2. The molecule has 0 saturated carbocycles. The Balaban J connectivity index is 0.000000336. The highest BCUT2D eigenvalue weighted by atomic mass is 31.2. The van der Waals surface area contributed by atoms with Crippen molar-refractivity contribution in [2.45, 2.75) is 225 Å². The van der Waals surface area contributed by atoms with Gasteiger partial charge in [-0.2, -0.15) is 0 Å². The van der Waals surface area contributed by atoms with Gasteiger partial charge in [0.15, 0.2) is 16.6 Å². The highest BCUT2D eigenvalue weighted by Gasteiger charge is 2.53. The number of aromatic nitrogens is 6. The van der Waals surface area contributed by atoms with Crippen LogP contribution in [0.25, 0.3) is 4.85 Å². The predicted molar refractivity (Wildman–Crippen MR) is 289 cm³/mol. The number of nitrogens with one attached hydrogen (secondary N) is 3. The summed E-state index contributed by atoms with van der Waals surface area (Å²) in [6, 6.07) is 0. The van der Waals surface area contributed by atoms with Gasteiger partial charge in [-0.25, -0.2) is 21.0 Å². The lowest BCUT2D eigenvalue weighted by Crippen LogP contribution is -2.51. The topological polar surface area (TPSA) is 263 Å². The maximum atomic E-state index is 12.9. The first-order chi connectivity index (χ1) is 34.4. The number of ether oxygens (including phenoxy) is 3. The van der Waals surface area contributed by atoms with Gasteiger partial charge in [-0.1, -0.05) is 48.5 Å². The van der Waals surface area contributed by atoms with E-state index in [0.717, 1.165) is 0 Å². The largest absolute Gasteiger partial charge is 0.411 e. The van der Waals surface area contributed by atoms with Crippen molar-refractivity contribution in [1.82, 2.24) is 28.7 Å². The Labute approximate surface area is 441 Å². The van der Waals surface area contributed by atoms with Crippen LogP contribution in [0, 0.1) is 27.3 Å². The van der Waals surface area contributed by atoms with E-state index in [1.807, 2.05) is 20.8 Å². The average molecular weight is 1110 g/mol. The lowest BCUT2D eigenvalue weighted by Gasteiger charge is -2.42. The molecule has 3 aliphatic heterocycles. The number of nitrogens with zero attached hydrogens (tertiary/aromatic N) is 4. The van der Waals surface area contributed by atoms with Crippen molar-refractivity contribution < 1.29 is 41.7 Å². The SMILES string of the molecule is Cc1cn([C@H]2CC(O[Si](C)(C)C(C)(C)C)[C@@H](C(C)(C)O)O2)c(=O)[nH]c1=O.[C-]#[N+]CCOP(OC1C[C@H](n2cc(C)c(=O)[nH]c2=O)O[C@@H]1CC)OC(C)(C)[C@H]1O[C@@H](n2cc(C)c(=O)[nH]c2=O)CC1O[Si](C)(C)C(C)(C)C. The summed E-state index contributed by atoms with van der Waals surface area (Å²) in [6.45, 7) is 42.7. The molecule has 75 heavy (non-hydrogen) atoms. The van der Waals surface area contributed by atoms with Crippen molar-refractivity contribution in [3.05, 3.63) is 109 Å². The molecule has 0 aromatic carbocycles. The second kappa shape index (κ2) is 23.6. The van der Waals surface area contributed by atoms with Crippen LogP contribution in [0.5, 0.6) is 0 Å². The molecule has 0 bridgehead atoms. The van der Waals surface area contributed by atoms with Gasteiger partial charge in [0, 0.05) is 54.5 Å². The number of aromatic amines is 3. The summed E-state index contributed by atoms with van der Waals surface area (Å²) in [4.78, 5) is 83.8. The smallest absolute Gasteiger partial charge is 0.333 e. The molecule has 0 aliphatic carbocycles. The van der Waals surface area contributed by atoms with Gasteiger partial charge < -0.3 is 46.6 Å². The summed E-state index contributed by atoms with van der Waals surface area (Å²) in [6.07, 6.45) is 1.02. The Morgan fingerprint density at radius 1 is 0.653 bits per heavy atom. The monoisotopic (exact) mass is 1110 g/mol. The molecular formula is C50H82N7O15PSi2. The van der Waals surface area contributed by atoms with Crippen LogP contribution in [0.2, 0.25) is 36.3 Å². The maximum Gasteiger partial charge on any atom is 0.333 e. The predicted octanol–water partition coefficient (Wildman–Crippen LogP) is 6.72. The molecule has 0 amide bonds. The van der Waals surface area contributed by atoms with E-state index < -0.39 is 119 Å². The van der Waals surface area contributed by atoms with Gasteiger partial charge in [0.05, 0.1) is 30.0 Å². The Bertz CT molecular complexity index is 2880. The van der Waals surface area contributed by atoms with E-state index >= 15 is 0 Å². The molecule has 3 aromatic rings. The van der Waals surface area contributed by atoms with Crippen LogP contribution in [-0.2, 0) is 36.6 Å². The minimum Gasteiger partial charge on any atom is -0.411 e. The lowest BCUT2D eigenvalue weighted by molar-refractivity contribution is -0.121. The number of H-pyrrole nitrogens is 3. The van der Waals surface area contributed by atoms with Crippen LogP contribution in [-0.4, -0.2) is 111 Å². The Morgan fingerprint density at radius 2 is 1.03 bits per heavy atom. The quantitative estimate of drug-likeness (QED) is 0.0473. The lowest BCUT2D eigenvalue weighted by atomic mass is 9.97. The third kappa shape index (κ3) is 14.8. The van der Waals surface area contributed by atoms with E-state index in [1.165, 1.54) is 32.3 Å². The Morgan fingerprint density at radius 3 is 1.40 bits per heavy atom. The van der Waals surface area contributed by atoms with Crippen molar-refractivity contribution in [3.63, 3.8) is 0 Å². The zero-order valence-corrected chi connectivity index (χ0v) is 50.0. The molecule has 4 N–H and O–H groups in total. The summed E-state index contributed by atoms with van der Waals surface area (Å²) in [5, 5.41) is 10.5. The summed E-state index contributed by atoms with van der Waals surface area (Å²) >= 11 is 0. The molecule has 4 unspecified atom stereocenters.